The van der Waals surface area contributed by atoms with Crippen LogP contribution in [0.1, 0.15) is 13.8 Å². The first-order chi connectivity index (χ1) is 13.0. The Bertz CT molecular complexity index is 759. The number of amides is 1. The molecule has 0 bridgehead atoms. The summed E-state index contributed by atoms with van der Waals surface area (Å²) < 4.78 is 21.0. The van der Waals surface area contributed by atoms with Gasteiger partial charge in [-0.25, -0.2) is 4.79 Å². The van der Waals surface area contributed by atoms with Gasteiger partial charge in [0.15, 0.2) is 12.7 Å². The summed E-state index contributed by atoms with van der Waals surface area (Å²) in [5.74, 6) is 0.624. The first kappa shape index (κ1) is 20.1. The van der Waals surface area contributed by atoms with Gasteiger partial charge in [0.1, 0.15) is 17.2 Å². The molecule has 0 saturated heterocycles. The summed E-state index contributed by atoms with van der Waals surface area (Å²) in [7, 11) is 1.51. The summed E-state index contributed by atoms with van der Waals surface area (Å²) in [6, 6.07) is 13.8. The summed E-state index contributed by atoms with van der Waals surface area (Å²) in [4.78, 5) is 24.1. The first-order valence-corrected chi connectivity index (χ1v) is 8.52. The van der Waals surface area contributed by atoms with Crippen LogP contribution in [0.5, 0.6) is 17.2 Å². The van der Waals surface area contributed by atoms with Crippen molar-refractivity contribution in [1.29, 1.82) is 0 Å². The van der Waals surface area contributed by atoms with Crippen molar-refractivity contribution < 1.29 is 28.5 Å². The number of nitrogens with one attached hydrogen (secondary N) is 1. The average Bonchev–Trinajstić information content (AvgIpc) is 2.68. The number of methoxy groups -OCH3 is 1. The number of benzene rings is 2. The number of hydrogen-bond donors (Lipinski definition) is 1. The highest BCUT2D eigenvalue weighted by molar-refractivity contribution is 5.96. The predicted octanol–water partition coefficient (Wildman–Crippen LogP) is 3.04. The molecule has 0 fully saturated rings. The van der Waals surface area contributed by atoms with Crippen LogP contribution in [0.25, 0.3) is 0 Å². The van der Waals surface area contributed by atoms with Gasteiger partial charge in [0.25, 0.3) is 5.91 Å². The molecule has 0 aliphatic carbocycles. The van der Waals surface area contributed by atoms with Crippen LogP contribution in [-0.4, -0.2) is 38.3 Å². The SMILES string of the molecule is CCOc1ccc(OCC(=O)O[C@@H](C)C(=O)Nc2ccccc2OC)cc1. The zero-order chi connectivity index (χ0) is 19.6. The van der Waals surface area contributed by atoms with Gasteiger partial charge in [0, 0.05) is 0 Å². The molecule has 2 rings (SSSR count). The van der Waals surface area contributed by atoms with Crippen molar-refractivity contribution in [2.75, 3.05) is 25.6 Å². The van der Waals surface area contributed by atoms with Crippen LogP contribution in [0.3, 0.4) is 0 Å². The lowest BCUT2D eigenvalue weighted by Gasteiger charge is -2.15. The Morgan fingerprint density at radius 3 is 2.26 bits per heavy atom. The molecule has 7 heteroatoms. The molecular weight excluding hydrogens is 350 g/mol. The molecule has 0 spiro atoms. The highest BCUT2D eigenvalue weighted by Gasteiger charge is 2.19. The van der Waals surface area contributed by atoms with Gasteiger partial charge < -0.3 is 24.3 Å². The fraction of sp³-hybridized carbons (Fsp3) is 0.300. The molecule has 1 N–H and O–H groups in total. The second kappa shape index (κ2) is 10.1. The third kappa shape index (κ3) is 6.22. The molecule has 0 saturated carbocycles. The molecule has 2 aromatic carbocycles. The molecule has 2 aromatic rings. The molecule has 1 amide bonds. The van der Waals surface area contributed by atoms with E-state index in [1.54, 1.807) is 48.5 Å². The summed E-state index contributed by atoms with van der Waals surface area (Å²) >= 11 is 0. The van der Waals surface area contributed by atoms with Crippen LogP contribution in [0.4, 0.5) is 5.69 Å². The van der Waals surface area contributed by atoms with Gasteiger partial charge in [0.2, 0.25) is 0 Å². The lowest BCUT2D eigenvalue weighted by molar-refractivity contribution is -0.155. The molecule has 7 nitrogen and oxygen atoms in total. The molecule has 0 aliphatic heterocycles. The number of esters is 1. The largest absolute Gasteiger partial charge is 0.495 e. The minimum Gasteiger partial charge on any atom is -0.495 e. The molecule has 0 unspecified atom stereocenters. The topological polar surface area (TPSA) is 83.1 Å². The Kier molecular flexibility index (Phi) is 7.49. The Balaban J connectivity index is 1.81. The number of ether oxygens (including phenoxy) is 4. The number of anilines is 1. The number of rotatable bonds is 9. The fourth-order valence-corrected chi connectivity index (χ4v) is 2.21. The van der Waals surface area contributed by atoms with E-state index < -0.39 is 18.0 Å². The fourth-order valence-electron chi connectivity index (χ4n) is 2.21. The molecular formula is C20H23NO6. The number of carbonyl (C=O) groups is 2. The molecule has 0 aliphatic rings. The maximum Gasteiger partial charge on any atom is 0.344 e. The normalized spacial score (nSPS) is 11.2. The average molecular weight is 373 g/mol. The smallest absolute Gasteiger partial charge is 0.344 e. The van der Waals surface area contributed by atoms with Gasteiger partial charge in [-0.05, 0) is 50.2 Å². The molecule has 27 heavy (non-hydrogen) atoms. The number of hydrogen-bond acceptors (Lipinski definition) is 6. The minimum absolute atomic E-state index is 0.305. The predicted molar refractivity (Wildman–Crippen MR) is 100 cm³/mol. The van der Waals surface area contributed by atoms with Gasteiger partial charge >= 0.3 is 5.97 Å². The Labute approximate surface area is 158 Å². The highest BCUT2D eigenvalue weighted by atomic mass is 16.6. The van der Waals surface area contributed by atoms with Crippen LogP contribution >= 0.6 is 0 Å². The lowest BCUT2D eigenvalue weighted by atomic mass is 10.2. The highest BCUT2D eigenvalue weighted by Crippen LogP contribution is 2.23. The van der Waals surface area contributed by atoms with Crippen LogP contribution in [-0.2, 0) is 14.3 Å². The van der Waals surface area contributed by atoms with Gasteiger partial charge in [-0.3, -0.25) is 4.79 Å². The Morgan fingerprint density at radius 2 is 1.63 bits per heavy atom. The maximum absolute atomic E-state index is 12.2. The van der Waals surface area contributed by atoms with Crippen molar-refractivity contribution in [2.24, 2.45) is 0 Å². The van der Waals surface area contributed by atoms with Crippen molar-refractivity contribution in [1.82, 2.24) is 0 Å². The maximum atomic E-state index is 12.2. The lowest BCUT2D eigenvalue weighted by Crippen LogP contribution is -2.31. The van der Waals surface area contributed by atoms with E-state index in [-0.39, 0.29) is 6.61 Å². The second-order valence-corrected chi connectivity index (χ2v) is 5.51. The van der Waals surface area contributed by atoms with Gasteiger partial charge in [-0.2, -0.15) is 0 Å². The van der Waals surface area contributed by atoms with E-state index in [1.165, 1.54) is 14.0 Å². The number of para-hydroxylation sites is 2. The second-order valence-electron chi connectivity index (χ2n) is 5.51. The van der Waals surface area contributed by atoms with E-state index >= 15 is 0 Å². The third-order valence-electron chi connectivity index (χ3n) is 3.53. The number of carbonyl (C=O) groups excluding carboxylic acids is 2. The zero-order valence-electron chi connectivity index (χ0n) is 15.6. The van der Waals surface area contributed by atoms with Crippen molar-refractivity contribution >= 4 is 17.6 Å². The standard InChI is InChI=1S/C20H23NO6/c1-4-25-15-9-11-16(12-10-15)26-13-19(22)27-14(2)20(23)21-17-7-5-6-8-18(17)24-3/h5-12,14H,4,13H2,1-3H3,(H,21,23)/t14-/m0/s1. The van der Waals surface area contributed by atoms with Crippen molar-refractivity contribution in [3.05, 3.63) is 48.5 Å². The summed E-state index contributed by atoms with van der Waals surface area (Å²) in [6.07, 6.45) is -0.980. The Morgan fingerprint density at radius 1 is 1.00 bits per heavy atom. The van der Waals surface area contributed by atoms with Crippen molar-refractivity contribution in [3.63, 3.8) is 0 Å². The van der Waals surface area contributed by atoms with E-state index in [4.69, 9.17) is 18.9 Å². The van der Waals surface area contributed by atoms with Crippen molar-refractivity contribution in [3.8, 4) is 17.2 Å². The summed E-state index contributed by atoms with van der Waals surface area (Å²) in [6.45, 7) is 3.65. The molecule has 1 atom stereocenters. The van der Waals surface area contributed by atoms with E-state index in [0.717, 1.165) is 0 Å². The summed E-state index contributed by atoms with van der Waals surface area (Å²) in [5, 5.41) is 2.66. The minimum atomic E-state index is -0.980. The van der Waals surface area contributed by atoms with Gasteiger partial charge in [-0.15, -0.1) is 0 Å². The van der Waals surface area contributed by atoms with Gasteiger partial charge in [-0.1, -0.05) is 12.1 Å². The van der Waals surface area contributed by atoms with Gasteiger partial charge in [0.05, 0.1) is 19.4 Å². The third-order valence-corrected chi connectivity index (χ3v) is 3.53. The summed E-state index contributed by atoms with van der Waals surface area (Å²) in [5.41, 5.74) is 0.499. The van der Waals surface area contributed by atoms with E-state index in [1.807, 2.05) is 6.92 Å². The first-order valence-electron chi connectivity index (χ1n) is 8.52. The van der Waals surface area contributed by atoms with Crippen LogP contribution in [0.15, 0.2) is 48.5 Å². The van der Waals surface area contributed by atoms with Crippen LogP contribution in [0.2, 0.25) is 0 Å². The van der Waals surface area contributed by atoms with E-state index in [0.29, 0.717) is 29.5 Å². The zero-order valence-corrected chi connectivity index (χ0v) is 15.6. The molecule has 144 valence electrons. The molecule has 0 aromatic heterocycles. The molecule has 0 radical (unpaired) electrons. The quantitative estimate of drug-likeness (QED) is 0.680. The van der Waals surface area contributed by atoms with E-state index in [9.17, 15) is 9.59 Å². The monoisotopic (exact) mass is 373 g/mol. The van der Waals surface area contributed by atoms with Crippen LogP contribution in [0, 0.1) is 0 Å². The molecule has 0 heterocycles. The van der Waals surface area contributed by atoms with E-state index in [2.05, 4.69) is 5.32 Å². The Hall–Kier alpha value is -3.22. The van der Waals surface area contributed by atoms with Crippen molar-refractivity contribution in [2.45, 2.75) is 20.0 Å². The van der Waals surface area contributed by atoms with Crippen LogP contribution < -0.4 is 19.5 Å².